The van der Waals surface area contributed by atoms with Gasteiger partial charge >= 0.3 is 0 Å². The zero-order valence-electron chi connectivity index (χ0n) is 11.7. The lowest BCUT2D eigenvalue weighted by Crippen LogP contribution is -2.19. The van der Waals surface area contributed by atoms with Gasteiger partial charge in [-0.15, -0.1) is 0 Å². The smallest absolute Gasteiger partial charge is 0.116 e. The standard InChI is InChI=1S/C17H22O/c1-12(2)11-17(3,4)15-7-5-14-10-16(18)8-6-13(14)9-15/h5-10,12,18H,11H2,1-4H3. The molecule has 0 unspecified atom stereocenters. The number of hydrogen-bond acceptors (Lipinski definition) is 1. The Bertz CT molecular complexity index is 553. The molecule has 0 amide bonds. The SMILES string of the molecule is CC(C)CC(C)(C)c1ccc2cc(O)ccc2c1. The molecule has 2 aromatic rings. The molecule has 0 saturated carbocycles. The molecule has 0 fully saturated rings. The predicted molar refractivity (Wildman–Crippen MR) is 78.1 cm³/mol. The Morgan fingerprint density at radius 1 is 1.00 bits per heavy atom. The highest BCUT2D eigenvalue weighted by atomic mass is 16.3. The van der Waals surface area contributed by atoms with Gasteiger partial charge in [0, 0.05) is 0 Å². The molecule has 2 rings (SSSR count). The van der Waals surface area contributed by atoms with E-state index < -0.39 is 0 Å². The van der Waals surface area contributed by atoms with E-state index in [1.807, 2.05) is 12.1 Å². The monoisotopic (exact) mass is 242 g/mol. The van der Waals surface area contributed by atoms with Gasteiger partial charge in [0.15, 0.2) is 0 Å². The average Bonchev–Trinajstić information content (AvgIpc) is 2.26. The molecule has 0 heterocycles. The van der Waals surface area contributed by atoms with Crippen LogP contribution >= 0.6 is 0 Å². The second-order valence-corrected chi connectivity index (χ2v) is 6.23. The molecule has 0 aliphatic heterocycles. The molecule has 1 heteroatoms. The van der Waals surface area contributed by atoms with Crippen molar-refractivity contribution in [1.82, 2.24) is 0 Å². The lowest BCUT2D eigenvalue weighted by Gasteiger charge is -2.27. The maximum Gasteiger partial charge on any atom is 0.116 e. The Labute approximate surface area is 109 Å². The number of phenolic OH excluding ortho intramolecular Hbond substituents is 1. The van der Waals surface area contributed by atoms with E-state index in [1.54, 1.807) is 6.07 Å². The quantitative estimate of drug-likeness (QED) is 0.814. The van der Waals surface area contributed by atoms with E-state index >= 15 is 0 Å². The van der Waals surface area contributed by atoms with Crippen LogP contribution in [0.25, 0.3) is 10.8 Å². The van der Waals surface area contributed by atoms with Crippen LogP contribution in [0.1, 0.15) is 39.7 Å². The summed E-state index contributed by atoms with van der Waals surface area (Å²) in [7, 11) is 0. The van der Waals surface area contributed by atoms with Gasteiger partial charge in [-0.3, -0.25) is 0 Å². The Hall–Kier alpha value is -1.50. The molecule has 1 N–H and O–H groups in total. The Balaban J connectivity index is 2.43. The van der Waals surface area contributed by atoms with E-state index in [4.69, 9.17) is 0 Å². The number of aromatic hydroxyl groups is 1. The Morgan fingerprint density at radius 3 is 2.28 bits per heavy atom. The fourth-order valence-electron chi connectivity index (χ4n) is 2.79. The van der Waals surface area contributed by atoms with Crippen molar-refractivity contribution in [2.45, 2.75) is 39.5 Å². The van der Waals surface area contributed by atoms with Crippen molar-refractivity contribution in [3.63, 3.8) is 0 Å². The lowest BCUT2D eigenvalue weighted by atomic mass is 9.77. The molecule has 0 aliphatic rings. The van der Waals surface area contributed by atoms with Gasteiger partial charge < -0.3 is 5.11 Å². The third-order valence-corrected chi connectivity index (χ3v) is 3.52. The second kappa shape index (κ2) is 4.64. The molecule has 96 valence electrons. The van der Waals surface area contributed by atoms with Gasteiger partial charge in [-0.1, -0.05) is 52.0 Å². The normalized spacial score (nSPS) is 12.3. The highest BCUT2D eigenvalue weighted by molar-refractivity contribution is 5.84. The molecule has 0 saturated heterocycles. The first-order valence-electron chi connectivity index (χ1n) is 6.62. The van der Waals surface area contributed by atoms with Gasteiger partial charge in [0.25, 0.3) is 0 Å². The minimum Gasteiger partial charge on any atom is -0.508 e. The Morgan fingerprint density at radius 2 is 1.61 bits per heavy atom. The molecule has 0 spiro atoms. The summed E-state index contributed by atoms with van der Waals surface area (Å²) in [6.07, 6.45) is 1.18. The first-order valence-corrected chi connectivity index (χ1v) is 6.62. The summed E-state index contributed by atoms with van der Waals surface area (Å²) >= 11 is 0. The molecule has 2 aromatic carbocycles. The van der Waals surface area contributed by atoms with E-state index in [0.717, 1.165) is 5.39 Å². The van der Waals surface area contributed by atoms with Crippen molar-refractivity contribution >= 4 is 10.8 Å². The van der Waals surface area contributed by atoms with Gasteiger partial charge in [-0.25, -0.2) is 0 Å². The third kappa shape index (κ3) is 2.66. The summed E-state index contributed by atoms with van der Waals surface area (Å²) in [5, 5.41) is 11.8. The summed E-state index contributed by atoms with van der Waals surface area (Å²) in [4.78, 5) is 0. The summed E-state index contributed by atoms with van der Waals surface area (Å²) < 4.78 is 0. The van der Waals surface area contributed by atoms with Crippen LogP contribution < -0.4 is 0 Å². The summed E-state index contributed by atoms with van der Waals surface area (Å²) in [5.74, 6) is 1.02. The first-order chi connectivity index (χ1) is 8.38. The first kappa shape index (κ1) is 12.9. The molecule has 0 atom stereocenters. The minimum atomic E-state index is 0.195. The molecule has 0 aliphatic carbocycles. The largest absolute Gasteiger partial charge is 0.508 e. The summed E-state index contributed by atoms with van der Waals surface area (Å²) in [5.41, 5.74) is 1.56. The predicted octanol–water partition coefficient (Wildman–Crippen LogP) is 4.87. The average molecular weight is 242 g/mol. The van der Waals surface area contributed by atoms with Gasteiger partial charge in [0.05, 0.1) is 0 Å². The molecule has 18 heavy (non-hydrogen) atoms. The second-order valence-electron chi connectivity index (χ2n) is 6.23. The topological polar surface area (TPSA) is 20.2 Å². The molecule has 1 nitrogen and oxygen atoms in total. The van der Waals surface area contributed by atoms with Crippen molar-refractivity contribution in [1.29, 1.82) is 0 Å². The minimum absolute atomic E-state index is 0.195. The number of fused-ring (bicyclic) bond motifs is 1. The van der Waals surface area contributed by atoms with E-state index in [9.17, 15) is 5.11 Å². The molecule has 0 bridgehead atoms. The summed E-state index contributed by atoms with van der Waals surface area (Å²) in [6.45, 7) is 9.13. The van der Waals surface area contributed by atoms with Crippen LogP contribution in [0.5, 0.6) is 5.75 Å². The third-order valence-electron chi connectivity index (χ3n) is 3.52. The highest BCUT2D eigenvalue weighted by Gasteiger charge is 2.21. The van der Waals surface area contributed by atoms with Crippen LogP contribution in [0.2, 0.25) is 0 Å². The lowest BCUT2D eigenvalue weighted by molar-refractivity contribution is 0.400. The number of phenols is 1. The highest BCUT2D eigenvalue weighted by Crippen LogP contribution is 2.32. The van der Waals surface area contributed by atoms with Crippen LogP contribution in [0.15, 0.2) is 36.4 Å². The number of hydrogen-bond donors (Lipinski definition) is 1. The maximum atomic E-state index is 9.48. The van der Waals surface area contributed by atoms with Crippen molar-refractivity contribution in [2.75, 3.05) is 0 Å². The van der Waals surface area contributed by atoms with Gasteiger partial charge in [-0.2, -0.15) is 0 Å². The van der Waals surface area contributed by atoms with E-state index in [0.29, 0.717) is 11.7 Å². The summed E-state index contributed by atoms with van der Waals surface area (Å²) in [6, 6.07) is 12.1. The van der Waals surface area contributed by atoms with Crippen LogP contribution in [0, 0.1) is 5.92 Å². The maximum absolute atomic E-state index is 9.48. The fourth-order valence-corrected chi connectivity index (χ4v) is 2.79. The zero-order valence-corrected chi connectivity index (χ0v) is 11.7. The molecular weight excluding hydrogens is 220 g/mol. The van der Waals surface area contributed by atoms with Crippen molar-refractivity contribution in [2.24, 2.45) is 5.92 Å². The van der Waals surface area contributed by atoms with Gasteiger partial charge in [0.1, 0.15) is 5.75 Å². The van der Waals surface area contributed by atoms with E-state index in [2.05, 4.69) is 45.9 Å². The van der Waals surface area contributed by atoms with Crippen LogP contribution in [-0.4, -0.2) is 5.11 Å². The van der Waals surface area contributed by atoms with Crippen LogP contribution in [0.4, 0.5) is 0 Å². The molecule has 0 aromatic heterocycles. The van der Waals surface area contributed by atoms with Crippen LogP contribution in [-0.2, 0) is 5.41 Å². The zero-order chi connectivity index (χ0) is 13.3. The van der Waals surface area contributed by atoms with Gasteiger partial charge in [-0.05, 0) is 46.2 Å². The Kier molecular flexibility index (Phi) is 3.34. The fraction of sp³-hybridized carbons (Fsp3) is 0.412. The van der Waals surface area contributed by atoms with Crippen molar-refractivity contribution in [3.05, 3.63) is 42.0 Å². The van der Waals surface area contributed by atoms with Crippen molar-refractivity contribution in [3.8, 4) is 5.75 Å². The number of benzene rings is 2. The molecule has 0 radical (unpaired) electrons. The van der Waals surface area contributed by atoms with Crippen LogP contribution in [0.3, 0.4) is 0 Å². The van der Waals surface area contributed by atoms with Gasteiger partial charge in [0.2, 0.25) is 0 Å². The van der Waals surface area contributed by atoms with E-state index in [1.165, 1.54) is 17.4 Å². The van der Waals surface area contributed by atoms with Crippen molar-refractivity contribution < 1.29 is 5.11 Å². The number of rotatable bonds is 3. The van der Waals surface area contributed by atoms with E-state index in [-0.39, 0.29) is 5.41 Å². The molecular formula is C17H22O.